The van der Waals surface area contributed by atoms with E-state index in [1.807, 2.05) is 0 Å². The molecule has 102 valence electrons. The molecule has 1 aliphatic carbocycles. The highest BCUT2D eigenvalue weighted by Crippen LogP contribution is 2.49. The van der Waals surface area contributed by atoms with Gasteiger partial charge in [0.1, 0.15) is 0 Å². The van der Waals surface area contributed by atoms with Crippen LogP contribution in [0.15, 0.2) is 36.5 Å². The predicted octanol–water partition coefficient (Wildman–Crippen LogP) is 3.53. The minimum atomic E-state index is -5.79. The Hall–Kier alpha value is -1.24. The van der Waals surface area contributed by atoms with Crippen molar-refractivity contribution in [1.29, 1.82) is 0 Å². The number of aliphatic hydroxyl groups is 1. The highest BCUT2D eigenvalue weighted by Gasteiger charge is 2.73. The van der Waals surface area contributed by atoms with Gasteiger partial charge in [0.2, 0.25) is 0 Å². The zero-order valence-corrected chi connectivity index (χ0v) is 9.02. The summed E-state index contributed by atoms with van der Waals surface area (Å²) in [5.41, 5.74) is -4.32. The second kappa shape index (κ2) is 4.46. The maximum absolute atomic E-state index is 12.5. The summed E-state index contributed by atoms with van der Waals surface area (Å²) < 4.78 is 75.1. The van der Waals surface area contributed by atoms with Gasteiger partial charge in [-0.2, -0.15) is 26.3 Å². The average Bonchev–Trinajstić information content (AvgIpc) is 2.25. The number of hydrogen-bond donors (Lipinski definition) is 1. The highest BCUT2D eigenvalue weighted by molar-refractivity contribution is 5.33. The van der Waals surface area contributed by atoms with E-state index < -0.39 is 30.3 Å². The summed E-state index contributed by atoms with van der Waals surface area (Å²) in [7, 11) is 0. The zero-order valence-electron chi connectivity index (χ0n) is 9.02. The molecule has 0 saturated carbocycles. The van der Waals surface area contributed by atoms with E-state index in [1.54, 1.807) is 0 Å². The van der Waals surface area contributed by atoms with Crippen molar-refractivity contribution < 1.29 is 31.4 Å². The third kappa shape index (κ3) is 2.31. The molecule has 0 aliphatic heterocycles. The first-order chi connectivity index (χ1) is 8.04. The van der Waals surface area contributed by atoms with E-state index in [2.05, 4.69) is 6.58 Å². The maximum atomic E-state index is 12.5. The Morgan fingerprint density at radius 1 is 1.17 bits per heavy atom. The van der Waals surface area contributed by atoms with Crippen LogP contribution in [0.2, 0.25) is 0 Å². The molecule has 1 aliphatic rings. The fraction of sp³-hybridized carbons (Fsp3) is 0.455. The van der Waals surface area contributed by atoms with E-state index in [4.69, 9.17) is 5.11 Å². The summed E-state index contributed by atoms with van der Waals surface area (Å²) in [6.07, 6.45) is -7.90. The van der Waals surface area contributed by atoms with Crippen LogP contribution < -0.4 is 0 Å². The number of alkyl halides is 6. The van der Waals surface area contributed by atoms with E-state index >= 15 is 0 Å². The predicted molar refractivity (Wildman–Crippen MR) is 52.6 cm³/mol. The van der Waals surface area contributed by atoms with E-state index in [0.29, 0.717) is 11.6 Å². The van der Waals surface area contributed by atoms with Gasteiger partial charge in [0.25, 0.3) is 5.60 Å². The van der Waals surface area contributed by atoms with Gasteiger partial charge < -0.3 is 5.11 Å². The molecule has 0 bridgehead atoms. The zero-order chi connectivity index (χ0) is 14.2. The second-order valence-electron chi connectivity index (χ2n) is 3.87. The Morgan fingerprint density at radius 3 is 1.94 bits per heavy atom. The Morgan fingerprint density at radius 2 is 1.67 bits per heavy atom. The van der Waals surface area contributed by atoms with Crippen molar-refractivity contribution in [2.45, 2.75) is 24.4 Å². The van der Waals surface area contributed by atoms with E-state index in [-0.39, 0.29) is 0 Å². The Labute approximate surface area is 99.1 Å². The molecule has 7 heteroatoms. The quantitative estimate of drug-likeness (QED) is 0.762. The van der Waals surface area contributed by atoms with E-state index in [9.17, 15) is 26.3 Å². The van der Waals surface area contributed by atoms with Crippen LogP contribution >= 0.6 is 0 Å². The summed E-state index contributed by atoms with van der Waals surface area (Å²) in [6.45, 7) is 3.34. The molecule has 0 radical (unpaired) electrons. The first-order valence-electron chi connectivity index (χ1n) is 4.90. The molecule has 1 N–H and O–H groups in total. The van der Waals surface area contributed by atoms with Crippen LogP contribution in [0.3, 0.4) is 0 Å². The second-order valence-corrected chi connectivity index (χ2v) is 3.87. The van der Waals surface area contributed by atoms with Gasteiger partial charge in [-0.15, -0.1) is 0 Å². The SMILES string of the molecule is C=CC1=CCC(C(O)(C(F)(F)F)C(F)(F)F)C=C1. The molecule has 1 nitrogen and oxygen atoms in total. The first kappa shape index (κ1) is 14.8. The molecule has 1 atom stereocenters. The summed E-state index contributed by atoms with van der Waals surface area (Å²) in [5.74, 6) is -2.10. The lowest BCUT2D eigenvalue weighted by Gasteiger charge is -2.38. The lowest BCUT2D eigenvalue weighted by Crippen LogP contribution is -2.61. The number of allylic oxidation sites excluding steroid dienone is 4. The van der Waals surface area contributed by atoms with Crippen LogP contribution in [0.1, 0.15) is 6.42 Å². The summed E-state index contributed by atoms with van der Waals surface area (Å²) in [6, 6.07) is 0. The minimum Gasteiger partial charge on any atom is -0.373 e. The number of halogens is 6. The minimum absolute atomic E-state index is 0.415. The van der Waals surface area contributed by atoms with Crippen molar-refractivity contribution >= 4 is 0 Å². The van der Waals surface area contributed by atoms with Crippen LogP contribution in [0.25, 0.3) is 0 Å². The summed E-state index contributed by atoms with van der Waals surface area (Å²) >= 11 is 0. The molecule has 0 saturated heterocycles. The topological polar surface area (TPSA) is 20.2 Å². The highest BCUT2D eigenvalue weighted by atomic mass is 19.4. The van der Waals surface area contributed by atoms with Gasteiger partial charge in [0, 0.05) is 5.92 Å². The maximum Gasteiger partial charge on any atom is 0.426 e. The van der Waals surface area contributed by atoms with E-state index in [1.165, 1.54) is 12.2 Å². The molecule has 0 amide bonds. The van der Waals surface area contributed by atoms with Gasteiger partial charge >= 0.3 is 12.4 Å². The van der Waals surface area contributed by atoms with Gasteiger partial charge in [-0.05, 0) is 12.0 Å². The monoisotopic (exact) mass is 272 g/mol. The van der Waals surface area contributed by atoms with Crippen LogP contribution in [-0.2, 0) is 0 Å². The van der Waals surface area contributed by atoms with E-state index in [0.717, 1.165) is 6.08 Å². The van der Waals surface area contributed by atoms with Gasteiger partial charge in [0.15, 0.2) is 0 Å². The van der Waals surface area contributed by atoms with Gasteiger partial charge in [-0.1, -0.05) is 30.9 Å². The molecule has 18 heavy (non-hydrogen) atoms. The molecular weight excluding hydrogens is 262 g/mol. The number of hydrogen-bond acceptors (Lipinski definition) is 1. The Balaban J connectivity index is 3.14. The third-order valence-electron chi connectivity index (χ3n) is 2.77. The van der Waals surface area contributed by atoms with Crippen LogP contribution in [-0.4, -0.2) is 23.1 Å². The van der Waals surface area contributed by atoms with Gasteiger partial charge in [-0.3, -0.25) is 0 Å². The van der Waals surface area contributed by atoms with Crippen molar-refractivity contribution in [2.24, 2.45) is 5.92 Å². The Bertz CT molecular complexity index is 373. The third-order valence-corrected chi connectivity index (χ3v) is 2.77. The molecule has 0 fully saturated rings. The molecule has 0 aromatic rings. The van der Waals surface area contributed by atoms with Crippen LogP contribution in [0, 0.1) is 5.92 Å². The van der Waals surface area contributed by atoms with Gasteiger partial charge in [0.05, 0.1) is 0 Å². The molecule has 0 spiro atoms. The summed E-state index contributed by atoms with van der Waals surface area (Å²) in [5, 5.41) is 9.11. The fourth-order valence-electron chi connectivity index (χ4n) is 1.68. The Kier molecular flexibility index (Phi) is 3.67. The van der Waals surface area contributed by atoms with Crippen molar-refractivity contribution in [3.05, 3.63) is 36.5 Å². The van der Waals surface area contributed by atoms with Crippen molar-refractivity contribution in [1.82, 2.24) is 0 Å². The largest absolute Gasteiger partial charge is 0.426 e. The lowest BCUT2D eigenvalue weighted by molar-refractivity contribution is -0.380. The van der Waals surface area contributed by atoms with Crippen molar-refractivity contribution in [3.8, 4) is 0 Å². The van der Waals surface area contributed by atoms with Crippen LogP contribution in [0.4, 0.5) is 26.3 Å². The smallest absolute Gasteiger partial charge is 0.373 e. The summed E-state index contributed by atoms with van der Waals surface area (Å²) in [4.78, 5) is 0. The van der Waals surface area contributed by atoms with Crippen LogP contribution in [0.5, 0.6) is 0 Å². The molecule has 0 aromatic carbocycles. The first-order valence-corrected chi connectivity index (χ1v) is 4.90. The normalized spacial score (nSPS) is 21.7. The molecule has 0 heterocycles. The molecule has 1 unspecified atom stereocenters. The lowest BCUT2D eigenvalue weighted by atomic mass is 9.80. The standard InChI is InChI=1S/C11H10F6O/c1-2-7-3-5-8(6-4-7)9(18,10(12,13)14)11(15,16)17/h2-5,8,18H,1,6H2. The molecule has 1 rings (SSSR count). The van der Waals surface area contributed by atoms with Gasteiger partial charge in [-0.25, -0.2) is 0 Å². The van der Waals surface area contributed by atoms with Crippen molar-refractivity contribution in [2.75, 3.05) is 0 Å². The molecular formula is C11H10F6O. The van der Waals surface area contributed by atoms with Crippen molar-refractivity contribution in [3.63, 3.8) is 0 Å². The fourth-order valence-corrected chi connectivity index (χ4v) is 1.68. The molecule has 0 aromatic heterocycles. The average molecular weight is 272 g/mol. The number of rotatable bonds is 2.